The summed E-state index contributed by atoms with van der Waals surface area (Å²) in [6.45, 7) is 4.14. The Kier molecular flexibility index (Phi) is 3.01. The molecule has 1 aromatic rings. The van der Waals surface area contributed by atoms with Crippen LogP contribution in [0.4, 0.5) is 10.1 Å². The molecule has 6 heteroatoms. The average molecular weight is 311 g/mol. The van der Waals surface area contributed by atoms with Gasteiger partial charge in [0, 0.05) is 31.0 Å². The van der Waals surface area contributed by atoms with Crippen molar-refractivity contribution < 1.29 is 4.39 Å². The van der Waals surface area contributed by atoms with E-state index < -0.39 is 0 Å². The minimum absolute atomic E-state index is 0.158. The van der Waals surface area contributed by atoms with Gasteiger partial charge in [-0.15, -0.1) is 0 Å². The van der Waals surface area contributed by atoms with Gasteiger partial charge in [0.15, 0.2) is 0 Å². The fourth-order valence-corrected chi connectivity index (χ4v) is 3.35. The van der Waals surface area contributed by atoms with E-state index in [1.807, 2.05) is 20.2 Å². The summed E-state index contributed by atoms with van der Waals surface area (Å²) >= 11 is 0. The number of nitrogens with zero attached hydrogens (tertiary/aromatic N) is 4. The Morgan fingerprint density at radius 3 is 2.96 bits per heavy atom. The molecule has 2 N–H and O–H groups in total. The smallest absolute Gasteiger partial charge is 0.146 e. The lowest BCUT2D eigenvalue weighted by Gasteiger charge is -2.37. The van der Waals surface area contributed by atoms with Crippen molar-refractivity contribution in [3.05, 3.63) is 46.5 Å². The van der Waals surface area contributed by atoms with Gasteiger partial charge in [-0.05, 0) is 36.3 Å². The number of nitrogen functional groups attached to an aromatic ring is 1. The summed E-state index contributed by atoms with van der Waals surface area (Å²) < 4.78 is 13.7. The predicted octanol–water partition coefficient (Wildman–Crippen LogP) is 2.01. The standard InChI is InChI=1S/C17H18FN5/c1-10-5-14(18)15(19)7-12(10)13-6-11-8-20-9-22(2)17(11)23-4-3-21-16(13)23/h5-8H,3-4,9,19H2,1-2H3. The van der Waals surface area contributed by atoms with Gasteiger partial charge in [-0.2, -0.15) is 0 Å². The number of rotatable bonds is 1. The van der Waals surface area contributed by atoms with E-state index in [4.69, 9.17) is 5.73 Å². The highest BCUT2D eigenvalue weighted by Crippen LogP contribution is 2.35. The van der Waals surface area contributed by atoms with Gasteiger partial charge in [-0.25, -0.2) is 4.39 Å². The number of aliphatic imine (C=N–C) groups is 2. The summed E-state index contributed by atoms with van der Waals surface area (Å²) in [5, 5.41) is 0. The lowest BCUT2D eigenvalue weighted by molar-refractivity contribution is 0.322. The summed E-state index contributed by atoms with van der Waals surface area (Å²) in [6, 6.07) is 3.18. The molecule has 0 fully saturated rings. The summed E-state index contributed by atoms with van der Waals surface area (Å²) in [5.41, 5.74) is 9.74. The molecule has 3 heterocycles. The molecule has 23 heavy (non-hydrogen) atoms. The molecule has 0 saturated carbocycles. The number of nitrogens with two attached hydrogens (primary N) is 1. The minimum Gasteiger partial charge on any atom is -0.396 e. The quantitative estimate of drug-likeness (QED) is 0.807. The fourth-order valence-electron chi connectivity index (χ4n) is 3.35. The first-order chi connectivity index (χ1) is 11.1. The van der Waals surface area contributed by atoms with Gasteiger partial charge in [0.1, 0.15) is 24.1 Å². The fraction of sp³-hybridized carbons (Fsp3) is 0.294. The Balaban J connectivity index is 1.92. The van der Waals surface area contributed by atoms with E-state index in [1.165, 1.54) is 6.07 Å². The zero-order valence-electron chi connectivity index (χ0n) is 13.2. The highest BCUT2D eigenvalue weighted by atomic mass is 19.1. The lowest BCUT2D eigenvalue weighted by atomic mass is 9.94. The number of allylic oxidation sites excluding steroid dienone is 2. The minimum atomic E-state index is -0.383. The molecule has 0 atom stereocenters. The van der Waals surface area contributed by atoms with Crippen molar-refractivity contribution in [2.45, 2.75) is 6.92 Å². The predicted molar refractivity (Wildman–Crippen MR) is 90.7 cm³/mol. The van der Waals surface area contributed by atoms with E-state index in [2.05, 4.69) is 25.9 Å². The zero-order valence-corrected chi connectivity index (χ0v) is 13.2. The lowest BCUT2D eigenvalue weighted by Crippen LogP contribution is -2.41. The molecule has 0 saturated heterocycles. The Morgan fingerprint density at radius 2 is 2.13 bits per heavy atom. The second-order valence-electron chi connectivity index (χ2n) is 6.03. The van der Waals surface area contributed by atoms with E-state index in [9.17, 15) is 4.39 Å². The number of amidine groups is 1. The molecule has 3 aliphatic heterocycles. The van der Waals surface area contributed by atoms with Gasteiger partial charge in [0.05, 0.1) is 12.2 Å². The summed E-state index contributed by atoms with van der Waals surface area (Å²) in [5.74, 6) is 1.68. The first-order valence-corrected chi connectivity index (χ1v) is 7.61. The third-order valence-electron chi connectivity index (χ3n) is 4.42. The van der Waals surface area contributed by atoms with Crippen LogP contribution in [-0.4, -0.2) is 48.7 Å². The second-order valence-corrected chi connectivity index (χ2v) is 6.03. The first-order valence-electron chi connectivity index (χ1n) is 7.61. The highest BCUT2D eigenvalue weighted by molar-refractivity contribution is 6.26. The van der Waals surface area contributed by atoms with Crippen molar-refractivity contribution >= 4 is 23.3 Å². The Hall–Kier alpha value is -2.63. The van der Waals surface area contributed by atoms with Crippen LogP contribution in [0.25, 0.3) is 5.57 Å². The number of hydrogen-bond acceptors (Lipinski definition) is 5. The second kappa shape index (κ2) is 4.94. The third kappa shape index (κ3) is 2.05. The molecule has 0 spiro atoms. The Bertz CT molecular complexity index is 819. The van der Waals surface area contributed by atoms with Gasteiger partial charge < -0.3 is 15.5 Å². The summed E-state index contributed by atoms with van der Waals surface area (Å²) in [4.78, 5) is 13.4. The number of fused-ring (bicyclic) bond motifs is 2. The largest absolute Gasteiger partial charge is 0.396 e. The van der Waals surface area contributed by atoms with Crippen LogP contribution in [-0.2, 0) is 0 Å². The molecule has 0 amide bonds. The third-order valence-corrected chi connectivity index (χ3v) is 4.42. The maximum absolute atomic E-state index is 13.7. The van der Waals surface area contributed by atoms with Gasteiger partial charge in [0.2, 0.25) is 0 Å². The average Bonchev–Trinajstić information content (AvgIpc) is 2.99. The first kappa shape index (κ1) is 14.0. The van der Waals surface area contributed by atoms with E-state index in [0.717, 1.165) is 47.0 Å². The Morgan fingerprint density at radius 1 is 1.30 bits per heavy atom. The number of halogens is 1. The summed E-state index contributed by atoms with van der Waals surface area (Å²) in [7, 11) is 2.03. The van der Waals surface area contributed by atoms with Crippen LogP contribution in [0, 0.1) is 12.7 Å². The molecule has 4 rings (SSSR count). The maximum Gasteiger partial charge on any atom is 0.146 e. The molecular formula is C17H18FN5. The topological polar surface area (TPSA) is 57.2 Å². The van der Waals surface area contributed by atoms with Crippen LogP contribution in [0.2, 0.25) is 0 Å². The van der Waals surface area contributed by atoms with Crippen LogP contribution >= 0.6 is 0 Å². The number of benzene rings is 1. The molecule has 0 radical (unpaired) electrons. The molecule has 1 aromatic carbocycles. The van der Waals surface area contributed by atoms with Gasteiger partial charge in [-0.1, -0.05) is 0 Å². The number of anilines is 1. The van der Waals surface area contributed by atoms with Crippen LogP contribution in [0.3, 0.4) is 0 Å². The monoisotopic (exact) mass is 311 g/mol. The molecule has 3 aliphatic rings. The maximum atomic E-state index is 13.7. The van der Waals surface area contributed by atoms with E-state index in [1.54, 1.807) is 6.07 Å². The molecule has 118 valence electrons. The molecule has 0 bridgehead atoms. The zero-order chi connectivity index (χ0) is 16.1. The van der Waals surface area contributed by atoms with Crippen molar-refractivity contribution in [3.8, 4) is 0 Å². The highest BCUT2D eigenvalue weighted by Gasteiger charge is 2.33. The molecule has 0 aliphatic carbocycles. The van der Waals surface area contributed by atoms with Gasteiger partial charge in [-0.3, -0.25) is 9.98 Å². The molecule has 0 aromatic heterocycles. The van der Waals surface area contributed by atoms with E-state index >= 15 is 0 Å². The molecule has 0 unspecified atom stereocenters. The van der Waals surface area contributed by atoms with E-state index in [-0.39, 0.29) is 11.5 Å². The number of aryl methyl sites for hydroxylation is 1. The van der Waals surface area contributed by atoms with Crippen molar-refractivity contribution in [2.75, 3.05) is 32.5 Å². The van der Waals surface area contributed by atoms with Gasteiger partial charge in [0.25, 0.3) is 0 Å². The van der Waals surface area contributed by atoms with Crippen molar-refractivity contribution in [3.63, 3.8) is 0 Å². The molecule has 5 nitrogen and oxygen atoms in total. The van der Waals surface area contributed by atoms with Crippen molar-refractivity contribution in [1.82, 2.24) is 9.80 Å². The van der Waals surface area contributed by atoms with Crippen molar-refractivity contribution in [2.24, 2.45) is 9.98 Å². The van der Waals surface area contributed by atoms with Crippen LogP contribution in [0.1, 0.15) is 11.1 Å². The summed E-state index contributed by atoms with van der Waals surface area (Å²) in [6.07, 6.45) is 3.97. The van der Waals surface area contributed by atoms with Crippen LogP contribution < -0.4 is 5.73 Å². The van der Waals surface area contributed by atoms with Crippen molar-refractivity contribution in [1.29, 1.82) is 0 Å². The molecular weight excluding hydrogens is 293 g/mol. The number of hydrogen-bond donors (Lipinski definition) is 1. The normalized spacial score (nSPS) is 19.6. The van der Waals surface area contributed by atoms with Gasteiger partial charge >= 0.3 is 0 Å². The Labute approximate surface area is 134 Å². The SMILES string of the molecule is Cc1cc(F)c(N)cc1C1=CC2=C(N(C)CN=C2)N2CCN=C12. The van der Waals surface area contributed by atoms with Crippen LogP contribution in [0.15, 0.2) is 39.6 Å². The van der Waals surface area contributed by atoms with Crippen LogP contribution in [0.5, 0.6) is 0 Å². The van der Waals surface area contributed by atoms with E-state index in [0.29, 0.717) is 6.67 Å².